The Hall–Kier alpha value is -1.88. The van der Waals surface area contributed by atoms with Gasteiger partial charge < -0.3 is 15.2 Å². The van der Waals surface area contributed by atoms with Crippen molar-refractivity contribution in [3.8, 4) is 5.88 Å². The summed E-state index contributed by atoms with van der Waals surface area (Å²) < 4.78 is 11.2. The lowest BCUT2D eigenvalue weighted by Crippen LogP contribution is -2.21. The monoisotopic (exact) mass is 259 g/mol. The molecule has 0 bridgehead atoms. The van der Waals surface area contributed by atoms with E-state index in [-0.39, 0.29) is 5.95 Å². The number of benzene rings is 1. The zero-order valence-corrected chi connectivity index (χ0v) is 10.7. The molecule has 2 aromatic rings. The van der Waals surface area contributed by atoms with Gasteiger partial charge in [-0.25, -0.2) is 4.98 Å². The van der Waals surface area contributed by atoms with Gasteiger partial charge >= 0.3 is 0 Å². The van der Waals surface area contributed by atoms with Gasteiger partial charge in [0.15, 0.2) is 0 Å². The Morgan fingerprint density at radius 3 is 2.84 bits per heavy atom. The highest BCUT2D eigenvalue weighted by Gasteiger charge is 2.15. The smallest absolute Gasteiger partial charge is 0.226 e. The molecule has 2 N–H and O–H groups in total. The Bertz CT molecular complexity index is 568. The summed E-state index contributed by atoms with van der Waals surface area (Å²) in [5.41, 5.74) is 6.53. The van der Waals surface area contributed by atoms with E-state index in [0.29, 0.717) is 18.4 Å². The summed E-state index contributed by atoms with van der Waals surface area (Å²) in [6.07, 6.45) is 2.08. The van der Waals surface area contributed by atoms with Crippen molar-refractivity contribution in [2.45, 2.75) is 12.8 Å². The summed E-state index contributed by atoms with van der Waals surface area (Å²) in [6, 6.07) is 7.74. The molecule has 1 aromatic carbocycles. The van der Waals surface area contributed by atoms with E-state index in [9.17, 15) is 0 Å². The summed E-state index contributed by atoms with van der Waals surface area (Å²) >= 11 is 0. The predicted octanol–water partition coefficient (Wildman–Crippen LogP) is 2.02. The molecule has 2 heterocycles. The molecule has 0 amide bonds. The quantitative estimate of drug-likeness (QED) is 0.913. The first-order chi connectivity index (χ1) is 9.33. The van der Waals surface area contributed by atoms with Gasteiger partial charge in [-0.15, -0.1) is 0 Å². The van der Waals surface area contributed by atoms with E-state index in [1.165, 1.54) is 0 Å². The molecule has 100 valence electrons. The third kappa shape index (κ3) is 2.76. The fourth-order valence-corrected chi connectivity index (χ4v) is 2.28. The number of anilines is 1. The molecule has 19 heavy (non-hydrogen) atoms. The molecule has 1 saturated heterocycles. The molecule has 0 spiro atoms. The van der Waals surface area contributed by atoms with Gasteiger partial charge in [-0.1, -0.05) is 12.1 Å². The number of hydrogen-bond acceptors (Lipinski definition) is 5. The van der Waals surface area contributed by atoms with Crippen LogP contribution in [0.2, 0.25) is 0 Å². The first-order valence-electron chi connectivity index (χ1n) is 6.56. The average Bonchev–Trinajstić information content (AvgIpc) is 2.45. The van der Waals surface area contributed by atoms with Gasteiger partial charge in [0.05, 0.1) is 17.5 Å². The molecule has 0 saturated carbocycles. The van der Waals surface area contributed by atoms with Crippen LogP contribution in [-0.4, -0.2) is 29.8 Å². The van der Waals surface area contributed by atoms with Gasteiger partial charge in [-0.05, 0) is 30.9 Å². The molecular formula is C14H17N3O2. The minimum absolute atomic E-state index is 0.251. The van der Waals surface area contributed by atoms with E-state index in [1.807, 2.05) is 24.3 Å². The fourth-order valence-electron chi connectivity index (χ4n) is 2.28. The highest BCUT2D eigenvalue weighted by atomic mass is 16.5. The molecule has 5 heteroatoms. The molecule has 3 rings (SSSR count). The van der Waals surface area contributed by atoms with Crippen LogP contribution in [0.5, 0.6) is 5.88 Å². The van der Waals surface area contributed by atoms with E-state index in [0.717, 1.165) is 37.0 Å². The fraction of sp³-hybridized carbons (Fsp3) is 0.429. The zero-order valence-electron chi connectivity index (χ0n) is 10.7. The van der Waals surface area contributed by atoms with Crippen molar-refractivity contribution < 1.29 is 9.47 Å². The summed E-state index contributed by atoms with van der Waals surface area (Å²) in [5.74, 6) is 1.36. The number of nitrogens with two attached hydrogens (primary N) is 1. The van der Waals surface area contributed by atoms with Crippen molar-refractivity contribution in [2.75, 3.05) is 25.6 Å². The maximum atomic E-state index is 5.85. The molecule has 1 fully saturated rings. The van der Waals surface area contributed by atoms with Gasteiger partial charge in [0.25, 0.3) is 0 Å². The molecule has 1 aliphatic rings. The van der Waals surface area contributed by atoms with Crippen LogP contribution in [0.3, 0.4) is 0 Å². The SMILES string of the molecule is Nc1nc(OCC2CCOCC2)c2ccccc2n1. The van der Waals surface area contributed by atoms with Crippen molar-refractivity contribution in [1.82, 2.24) is 9.97 Å². The van der Waals surface area contributed by atoms with Crippen molar-refractivity contribution >= 4 is 16.9 Å². The minimum atomic E-state index is 0.251. The summed E-state index contributed by atoms with van der Waals surface area (Å²) in [7, 11) is 0. The van der Waals surface area contributed by atoms with Crippen molar-refractivity contribution in [3.05, 3.63) is 24.3 Å². The van der Waals surface area contributed by atoms with Crippen molar-refractivity contribution in [3.63, 3.8) is 0 Å². The normalized spacial score (nSPS) is 16.6. The van der Waals surface area contributed by atoms with Gasteiger partial charge in [-0.2, -0.15) is 4.98 Å². The number of para-hydroxylation sites is 1. The molecule has 1 aliphatic heterocycles. The number of nitrogens with zero attached hydrogens (tertiary/aromatic N) is 2. The van der Waals surface area contributed by atoms with E-state index in [4.69, 9.17) is 15.2 Å². The third-order valence-electron chi connectivity index (χ3n) is 3.38. The van der Waals surface area contributed by atoms with E-state index >= 15 is 0 Å². The van der Waals surface area contributed by atoms with Crippen LogP contribution >= 0.6 is 0 Å². The lowest BCUT2D eigenvalue weighted by Gasteiger charge is -2.22. The van der Waals surface area contributed by atoms with Gasteiger partial charge in [0.2, 0.25) is 11.8 Å². The molecule has 0 aliphatic carbocycles. The van der Waals surface area contributed by atoms with Crippen LogP contribution in [0.4, 0.5) is 5.95 Å². The number of hydrogen-bond donors (Lipinski definition) is 1. The van der Waals surface area contributed by atoms with Crippen LogP contribution in [0, 0.1) is 5.92 Å². The number of nitrogen functional groups attached to an aromatic ring is 1. The Morgan fingerprint density at radius 1 is 1.21 bits per heavy atom. The van der Waals surface area contributed by atoms with Crippen molar-refractivity contribution in [2.24, 2.45) is 5.92 Å². The Balaban J connectivity index is 1.79. The number of ether oxygens (including phenoxy) is 2. The highest BCUT2D eigenvalue weighted by molar-refractivity contribution is 5.84. The molecule has 0 atom stereocenters. The summed E-state index contributed by atoms with van der Waals surface area (Å²) in [6.45, 7) is 2.30. The highest BCUT2D eigenvalue weighted by Crippen LogP contribution is 2.24. The average molecular weight is 259 g/mol. The lowest BCUT2D eigenvalue weighted by molar-refractivity contribution is 0.0493. The largest absolute Gasteiger partial charge is 0.477 e. The van der Waals surface area contributed by atoms with Gasteiger partial charge in [-0.3, -0.25) is 0 Å². The summed E-state index contributed by atoms with van der Waals surface area (Å²) in [4.78, 5) is 8.40. The second-order valence-corrected chi connectivity index (χ2v) is 4.77. The molecule has 0 radical (unpaired) electrons. The maximum Gasteiger partial charge on any atom is 0.226 e. The molecular weight excluding hydrogens is 242 g/mol. The molecule has 5 nitrogen and oxygen atoms in total. The minimum Gasteiger partial charge on any atom is -0.477 e. The predicted molar refractivity (Wildman–Crippen MR) is 73.0 cm³/mol. The van der Waals surface area contributed by atoms with E-state index < -0.39 is 0 Å². The van der Waals surface area contributed by atoms with E-state index in [1.54, 1.807) is 0 Å². The Kier molecular flexibility index (Phi) is 3.46. The number of fused-ring (bicyclic) bond motifs is 1. The number of aromatic nitrogens is 2. The molecule has 1 aromatic heterocycles. The standard InChI is InChI=1S/C14H17N3O2/c15-14-16-12-4-2-1-3-11(12)13(17-14)19-9-10-5-7-18-8-6-10/h1-4,10H,5-9H2,(H2,15,16,17). The van der Waals surface area contributed by atoms with Crippen LogP contribution in [0.15, 0.2) is 24.3 Å². The third-order valence-corrected chi connectivity index (χ3v) is 3.38. The molecule has 0 unspecified atom stereocenters. The summed E-state index contributed by atoms with van der Waals surface area (Å²) in [5, 5.41) is 0.906. The van der Waals surface area contributed by atoms with Crippen LogP contribution in [0.1, 0.15) is 12.8 Å². The number of rotatable bonds is 3. The van der Waals surface area contributed by atoms with Gasteiger partial charge in [0, 0.05) is 13.2 Å². The Morgan fingerprint density at radius 2 is 2.00 bits per heavy atom. The lowest BCUT2D eigenvalue weighted by atomic mass is 10.0. The topological polar surface area (TPSA) is 70.3 Å². The maximum absolute atomic E-state index is 5.85. The van der Waals surface area contributed by atoms with Crippen LogP contribution in [0.25, 0.3) is 10.9 Å². The second kappa shape index (κ2) is 5.40. The first-order valence-corrected chi connectivity index (χ1v) is 6.56. The van der Waals surface area contributed by atoms with Crippen molar-refractivity contribution in [1.29, 1.82) is 0 Å². The van der Waals surface area contributed by atoms with Crippen LogP contribution < -0.4 is 10.5 Å². The van der Waals surface area contributed by atoms with Gasteiger partial charge in [0.1, 0.15) is 0 Å². The van der Waals surface area contributed by atoms with Crippen LogP contribution in [-0.2, 0) is 4.74 Å². The Labute approximate surface area is 111 Å². The van der Waals surface area contributed by atoms with E-state index in [2.05, 4.69) is 9.97 Å². The zero-order chi connectivity index (χ0) is 13.1. The second-order valence-electron chi connectivity index (χ2n) is 4.77. The first kappa shape index (κ1) is 12.2.